The normalized spacial score (nSPS) is 19.8. The van der Waals surface area contributed by atoms with Crippen molar-refractivity contribution < 1.29 is 14.3 Å². The average Bonchev–Trinajstić information content (AvgIpc) is 3.09. The quantitative estimate of drug-likeness (QED) is 0.160. The summed E-state index contributed by atoms with van der Waals surface area (Å²) in [5.41, 5.74) is 5.65. The predicted octanol–water partition coefficient (Wildman–Crippen LogP) is 9.31. The Morgan fingerprint density at radius 1 is 0.818 bits per heavy atom. The van der Waals surface area contributed by atoms with E-state index in [4.69, 9.17) is 9.47 Å². The molecule has 4 aromatic carbocycles. The van der Waals surface area contributed by atoms with E-state index in [1.54, 1.807) is 0 Å². The fourth-order valence-electron chi connectivity index (χ4n) is 6.48. The van der Waals surface area contributed by atoms with Crippen molar-refractivity contribution in [2.45, 2.75) is 45.8 Å². The summed E-state index contributed by atoms with van der Waals surface area (Å²) in [6.45, 7) is 13.4. The van der Waals surface area contributed by atoms with Crippen molar-refractivity contribution in [3.63, 3.8) is 0 Å². The number of para-hydroxylation sites is 1. The van der Waals surface area contributed by atoms with Gasteiger partial charge in [-0.15, -0.1) is 0 Å². The second kappa shape index (κ2) is 12.5. The lowest BCUT2D eigenvalue weighted by atomic mass is 9.75. The summed E-state index contributed by atoms with van der Waals surface area (Å²) in [5.74, 6) is 1.26. The van der Waals surface area contributed by atoms with Crippen molar-refractivity contribution in [1.82, 2.24) is 0 Å². The van der Waals surface area contributed by atoms with E-state index in [2.05, 4.69) is 116 Å². The number of nitrogens with zero attached hydrogens (tertiary/aromatic N) is 2. The molecule has 1 spiro atoms. The van der Waals surface area contributed by atoms with Crippen LogP contribution < -0.4 is 14.5 Å². The largest absolute Gasteiger partial charge is 0.456 e. The van der Waals surface area contributed by atoms with Crippen molar-refractivity contribution in [2.24, 2.45) is 5.92 Å². The van der Waals surface area contributed by atoms with E-state index in [0.29, 0.717) is 17.9 Å². The molecule has 5 heteroatoms. The molecule has 2 aliphatic rings. The van der Waals surface area contributed by atoms with E-state index >= 15 is 0 Å². The highest BCUT2D eigenvalue weighted by Gasteiger charge is 2.48. The van der Waals surface area contributed by atoms with E-state index in [-0.39, 0.29) is 18.3 Å². The smallest absolute Gasteiger partial charge is 0.311 e. The van der Waals surface area contributed by atoms with Crippen molar-refractivity contribution in [3.8, 4) is 11.5 Å². The number of benzene rings is 4. The third-order valence-electron chi connectivity index (χ3n) is 8.65. The van der Waals surface area contributed by atoms with Crippen LogP contribution in [0.2, 0.25) is 0 Å². The van der Waals surface area contributed by atoms with Gasteiger partial charge in [0.05, 0.1) is 6.42 Å². The maximum Gasteiger partial charge on any atom is 0.311 e. The number of carbonyl (C=O) groups excluding carboxylic acids is 1. The van der Waals surface area contributed by atoms with Gasteiger partial charge in [0.15, 0.2) is 5.60 Å². The minimum absolute atomic E-state index is 0.206. The zero-order valence-corrected chi connectivity index (χ0v) is 25.8. The summed E-state index contributed by atoms with van der Waals surface area (Å²) in [5, 5.41) is 0. The van der Waals surface area contributed by atoms with Gasteiger partial charge < -0.3 is 19.3 Å². The summed E-state index contributed by atoms with van der Waals surface area (Å²) in [7, 11) is 0. The van der Waals surface area contributed by atoms with Gasteiger partial charge in [0, 0.05) is 60.0 Å². The van der Waals surface area contributed by atoms with Gasteiger partial charge in [0.1, 0.15) is 11.5 Å². The Bertz CT molecular complexity index is 1680. The number of hydrogen-bond acceptors (Lipinski definition) is 5. The molecule has 2 unspecified atom stereocenters. The van der Waals surface area contributed by atoms with Crippen molar-refractivity contribution in [1.29, 1.82) is 0 Å². The Labute approximate surface area is 261 Å². The Morgan fingerprint density at radius 2 is 1.45 bits per heavy atom. The Kier molecular flexibility index (Phi) is 8.30. The molecule has 44 heavy (non-hydrogen) atoms. The van der Waals surface area contributed by atoms with Gasteiger partial charge in [-0.3, -0.25) is 4.79 Å². The molecular weight excluding hydrogens is 544 g/mol. The fourth-order valence-corrected chi connectivity index (χ4v) is 6.48. The molecule has 0 amide bonds. The zero-order chi connectivity index (χ0) is 30.7. The van der Waals surface area contributed by atoms with Gasteiger partial charge in [-0.05, 0) is 73.7 Å². The first-order valence-electron chi connectivity index (χ1n) is 15.6. The van der Waals surface area contributed by atoms with E-state index < -0.39 is 5.60 Å². The molecule has 0 fully saturated rings. The van der Waals surface area contributed by atoms with E-state index in [9.17, 15) is 4.79 Å². The lowest BCUT2D eigenvalue weighted by Gasteiger charge is -2.42. The molecule has 2 aliphatic heterocycles. The van der Waals surface area contributed by atoms with Crippen LogP contribution in [-0.2, 0) is 21.7 Å². The average molecular weight is 585 g/mol. The highest BCUT2D eigenvalue weighted by atomic mass is 16.6. The Balaban J connectivity index is 1.50. The number of carbonyl (C=O) groups is 1. The van der Waals surface area contributed by atoms with Crippen LogP contribution in [0.4, 0.5) is 17.1 Å². The monoisotopic (exact) mass is 584 g/mol. The van der Waals surface area contributed by atoms with E-state index in [1.165, 1.54) is 5.56 Å². The third-order valence-corrected chi connectivity index (χ3v) is 8.65. The van der Waals surface area contributed by atoms with Gasteiger partial charge in [-0.25, -0.2) is 0 Å². The number of fused-ring (bicyclic) bond motifs is 4. The first kappa shape index (κ1) is 29.3. The third kappa shape index (κ3) is 5.50. The molecule has 5 nitrogen and oxygen atoms in total. The Morgan fingerprint density at radius 3 is 2.11 bits per heavy atom. The standard InChI is InChI=1S/C39H40N2O3/c1-5-40(27-30-15-9-7-10-16-30)32-20-22-34-36(25-32)43-37-26-33(41(6-2)31-17-11-8-12-18-31)21-23-35(37)39(34)29(4)24-28(3)14-13-19-38(42)44-39/h7-18,20-23,25-26,28H,4-6,19,24,27H2,1-3H3/b14-13-. The summed E-state index contributed by atoms with van der Waals surface area (Å²) in [6.07, 6.45) is 4.88. The van der Waals surface area contributed by atoms with Crippen molar-refractivity contribution >= 4 is 23.0 Å². The van der Waals surface area contributed by atoms with Gasteiger partial charge >= 0.3 is 5.97 Å². The summed E-state index contributed by atoms with van der Waals surface area (Å²) in [4.78, 5) is 18.0. The van der Waals surface area contributed by atoms with Crippen LogP contribution in [0, 0.1) is 5.92 Å². The summed E-state index contributed by atoms with van der Waals surface area (Å²) < 4.78 is 13.3. The molecule has 224 valence electrons. The van der Waals surface area contributed by atoms with Crippen molar-refractivity contribution in [3.05, 3.63) is 138 Å². The van der Waals surface area contributed by atoms with Gasteiger partial charge in [0.25, 0.3) is 0 Å². The maximum atomic E-state index is 13.4. The van der Waals surface area contributed by atoms with Crippen LogP contribution in [0.25, 0.3) is 0 Å². The van der Waals surface area contributed by atoms with Crippen molar-refractivity contribution in [2.75, 3.05) is 22.9 Å². The first-order valence-corrected chi connectivity index (χ1v) is 15.6. The van der Waals surface area contributed by atoms with Gasteiger partial charge in [0.2, 0.25) is 0 Å². The minimum atomic E-state index is -1.17. The topological polar surface area (TPSA) is 42.0 Å². The van der Waals surface area contributed by atoms with Crippen LogP contribution in [0.1, 0.15) is 50.3 Å². The molecule has 0 aliphatic carbocycles. The van der Waals surface area contributed by atoms with Gasteiger partial charge in [-0.1, -0.05) is 74.2 Å². The lowest BCUT2D eigenvalue weighted by molar-refractivity contribution is -0.153. The summed E-state index contributed by atoms with van der Waals surface area (Å²) in [6, 6.07) is 33.3. The second-order valence-corrected chi connectivity index (χ2v) is 11.6. The molecule has 2 heterocycles. The lowest BCUT2D eigenvalue weighted by Crippen LogP contribution is -2.38. The summed E-state index contributed by atoms with van der Waals surface area (Å²) >= 11 is 0. The first-order chi connectivity index (χ1) is 21.4. The molecule has 0 saturated carbocycles. The van der Waals surface area contributed by atoms with Crippen LogP contribution in [0.5, 0.6) is 11.5 Å². The fraction of sp³-hybridized carbons (Fsp3) is 0.256. The number of allylic oxidation sites excluding steroid dienone is 1. The molecule has 4 aromatic rings. The van der Waals surface area contributed by atoms with Gasteiger partial charge in [-0.2, -0.15) is 0 Å². The van der Waals surface area contributed by atoms with E-state index in [1.807, 2.05) is 30.3 Å². The molecule has 0 radical (unpaired) electrons. The highest BCUT2D eigenvalue weighted by Crippen LogP contribution is 2.55. The highest BCUT2D eigenvalue weighted by molar-refractivity contribution is 5.76. The number of esters is 1. The molecule has 0 N–H and O–H groups in total. The maximum absolute atomic E-state index is 13.4. The zero-order valence-electron chi connectivity index (χ0n) is 25.8. The van der Waals surface area contributed by atoms with Crippen LogP contribution >= 0.6 is 0 Å². The minimum Gasteiger partial charge on any atom is -0.456 e. The molecule has 0 bridgehead atoms. The molecule has 0 saturated heterocycles. The van der Waals surface area contributed by atoms with Crippen LogP contribution in [0.15, 0.2) is 121 Å². The predicted molar refractivity (Wildman–Crippen MR) is 179 cm³/mol. The van der Waals surface area contributed by atoms with E-state index in [0.717, 1.165) is 53.4 Å². The molecule has 0 aromatic heterocycles. The molecule has 6 rings (SSSR count). The van der Waals surface area contributed by atoms with Crippen LogP contribution in [0.3, 0.4) is 0 Å². The number of anilines is 3. The number of ether oxygens (including phenoxy) is 2. The molecule has 2 atom stereocenters. The molecular formula is C39H40N2O3. The number of rotatable bonds is 7. The van der Waals surface area contributed by atoms with Crippen LogP contribution in [-0.4, -0.2) is 19.1 Å². The SMILES string of the molecule is C=C1CC(C)/C=C\CC(=O)OC12c1ccc(N(CC)Cc3ccccc3)cc1Oc1cc(N(CC)c3ccccc3)ccc12. The number of hydrogen-bond donors (Lipinski definition) is 0. The Hall–Kier alpha value is -4.77. The second-order valence-electron chi connectivity index (χ2n) is 11.6.